The molecule has 1 aliphatic rings. The van der Waals surface area contributed by atoms with Gasteiger partial charge in [0, 0.05) is 30.6 Å². The van der Waals surface area contributed by atoms with E-state index >= 15 is 0 Å². The topological polar surface area (TPSA) is 146 Å². The number of carbonyl (C=O) groups excluding carboxylic acids is 2. The highest BCUT2D eigenvalue weighted by molar-refractivity contribution is 5.99. The van der Waals surface area contributed by atoms with E-state index in [1.807, 2.05) is 0 Å². The van der Waals surface area contributed by atoms with Gasteiger partial charge in [-0.15, -0.1) is 0 Å². The van der Waals surface area contributed by atoms with E-state index in [0.717, 1.165) is 0 Å². The van der Waals surface area contributed by atoms with Gasteiger partial charge < -0.3 is 24.2 Å². The van der Waals surface area contributed by atoms with E-state index < -0.39 is 41.0 Å². The van der Waals surface area contributed by atoms with Crippen LogP contribution in [-0.2, 0) is 28.6 Å². The minimum atomic E-state index is -1.31. The number of nitrogens with zero attached hydrogens (tertiary/aromatic N) is 2. The summed E-state index contributed by atoms with van der Waals surface area (Å²) in [5, 5.41) is 21.3. The summed E-state index contributed by atoms with van der Waals surface area (Å²) < 4.78 is 15.4. The highest BCUT2D eigenvalue weighted by Crippen LogP contribution is 2.43. The zero-order valence-electron chi connectivity index (χ0n) is 19.9. The molecule has 1 aromatic carbocycles. The lowest BCUT2D eigenvalue weighted by Crippen LogP contribution is -2.36. The predicted molar refractivity (Wildman–Crippen MR) is 119 cm³/mol. The van der Waals surface area contributed by atoms with Crippen LogP contribution in [0.3, 0.4) is 0 Å². The molecule has 0 radical (unpaired) electrons. The quantitative estimate of drug-likeness (QED) is 0.256. The predicted octanol–water partition coefficient (Wildman–Crippen LogP) is 3.32. The number of methoxy groups -OCH3 is 1. The van der Waals surface area contributed by atoms with Crippen molar-refractivity contribution >= 4 is 23.6 Å². The molecule has 1 heterocycles. The number of hydrogen-bond donors (Lipinski definition) is 1. The van der Waals surface area contributed by atoms with Crippen molar-refractivity contribution in [3.05, 3.63) is 62.5 Å². The number of carboxylic acid groups (broad SMARTS) is 1. The first-order valence-corrected chi connectivity index (χ1v) is 10.3. The van der Waals surface area contributed by atoms with Crippen LogP contribution in [0.1, 0.15) is 46.1 Å². The molecule has 11 heteroatoms. The molecule has 0 aliphatic carbocycles. The van der Waals surface area contributed by atoms with Gasteiger partial charge >= 0.3 is 17.9 Å². The Balaban J connectivity index is 2.58. The Labute approximate surface area is 196 Å². The van der Waals surface area contributed by atoms with Crippen molar-refractivity contribution in [1.29, 1.82) is 0 Å². The molecule has 1 N–H and O–H groups in total. The van der Waals surface area contributed by atoms with E-state index in [4.69, 9.17) is 14.2 Å². The molecule has 34 heavy (non-hydrogen) atoms. The minimum absolute atomic E-state index is 0.0497. The minimum Gasteiger partial charge on any atom is -0.478 e. The van der Waals surface area contributed by atoms with Gasteiger partial charge in [-0.25, -0.2) is 9.59 Å². The first-order valence-electron chi connectivity index (χ1n) is 10.3. The average molecular weight is 476 g/mol. The van der Waals surface area contributed by atoms with Gasteiger partial charge in [0.2, 0.25) is 6.79 Å². The van der Waals surface area contributed by atoms with Gasteiger partial charge in [0.15, 0.2) is 0 Å². The molecule has 2 rings (SSSR count). The fourth-order valence-electron chi connectivity index (χ4n) is 3.55. The second kappa shape index (κ2) is 10.5. The Bertz CT molecular complexity index is 1070. The molecule has 0 saturated carbocycles. The summed E-state index contributed by atoms with van der Waals surface area (Å²) in [4.78, 5) is 49.7. The van der Waals surface area contributed by atoms with Gasteiger partial charge in [0.25, 0.3) is 5.69 Å². The van der Waals surface area contributed by atoms with Gasteiger partial charge in [-0.2, -0.15) is 0 Å². The lowest BCUT2D eigenvalue weighted by Gasteiger charge is -2.36. The number of ether oxygens (including phenoxy) is 3. The fourth-order valence-corrected chi connectivity index (χ4v) is 3.55. The highest BCUT2D eigenvalue weighted by Gasteiger charge is 2.40. The van der Waals surface area contributed by atoms with E-state index in [0.29, 0.717) is 11.4 Å². The molecule has 0 bridgehead atoms. The van der Waals surface area contributed by atoms with Gasteiger partial charge in [-0.1, -0.05) is 12.1 Å². The van der Waals surface area contributed by atoms with Gasteiger partial charge in [-0.3, -0.25) is 14.9 Å². The average Bonchev–Trinajstić information content (AvgIpc) is 2.75. The van der Waals surface area contributed by atoms with Gasteiger partial charge in [-0.05, 0) is 40.2 Å². The summed E-state index contributed by atoms with van der Waals surface area (Å²) in [6, 6.07) is 5.39. The summed E-state index contributed by atoms with van der Waals surface area (Å²) in [5.41, 5.74) is -0.435. The molecular weight excluding hydrogens is 448 g/mol. The Morgan fingerprint density at radius 3 is 2.26 bits per heavy atom. The molecule has 0 saturated heterocycles. The Morgan fingerprint density at radius 1 is 1.12 bits per heavy atom. The van der Waals surface area contributed by atoms with Crippen molar-refractivity contribution in [2.24, 2.45) is 5.41 Å². The molecule has 184 valence electrons. The molecule has 1 aliphatic heterocycles. The van der Waals surface area contributed by atoms with Gasteiger partial charge in [0.05, 0.1) is 27.4 Å². The van der Waals surface area contributed by atoms with Crippen molar-refractivity contribution in [1.82, 2.24) is 4.90 Å². The van der Waals surface area contributed by atoms with Crippen molar-refractivity contribution in [3.8, 4) is 0 Å². The lowest BCUT2D eigenvalue weighted by molar-refractivity contribution is -0.384. The summed E-state index contributed by atoms with van der Waals surface area (Å²) in [6.07, 6.45) is 0. The monoisotopic (exact) mass is 476 g/mol. The summed E-state index contributed by atoms with van der Waals surface area (Å²) in [5.74, 6) is -4.00. The third kappa shape index (κ3) is 5.60. The van der Waals surface area contributed by atoms with Crippen LogP contribution in [0.15, 0.2) is 46.8 Å². The van der Waals surface area contributed by atoms with Crippen molar-refractivity contribution in [2.45, 2.75) is 40.5 Å². The Hall–Kier alpha value is -3.73. The number of aliphatic carboxylic acids is 1. The molecule has 0 fully saturated rings. The standard InChI is InChI=1S/C23H28N2O9/c1-13-17(20(26)27)19(15-8-7-9-16(10-15)25(30)31)18(14(2)24(13)11-32-6)21(28)33-12-34-22(29)23(3,4)5/h7-10,19H,11-12H2,1-6H3,(H,26,27)/t19-/m1/s1. The molecule has 0 spiro atoms. The van der Waals surface area contributed by atoms with E-state index in [2.05, 4.69) is 0 Å². The first kappa shape index (κ1) is 26.5. The Morgan fingerprint density at radius 2 is 1.74 bits per heavy atom. The molecule has 0 unspecified atom stereocenters. The Kier molecular flexibility index (Phi) is 8.17. The SMILES string of the molecule is COCN1C(C)=C(C(=O)O)[C@@H](c2cccc([N+](=O)[O-])c2)C(C(=O)OCOC(=O)C(C)(C)C)=C1C. The molecule has 0 amide bonds. The molecule has 1 atom stereocenters. The smallest absolute Gasteiger partial charge is 0.339 e. The third-order valence-electron chi connectivity index (χ3n) is 5.28. The van der Waals surface area contributed by atoms with Crippen LogP contribution < -0.4 is 0 Å². The number of carboxylic acids is 1. The normalized spacial score (nSPS) is 16.4. The van der Waals surface area contributed by atoms with Crippen molar-refractivity contribution in [2.75, 3.05) is 20.6 Å². The number of non-ortho nitro benzene ring substituents is 1. The number of esters is 2. The zero-order valence-corrected chi connectivity index (χ0v) is 19.9. The van der Waals surface area contributed by atoms with E-state index in [1.54, 1.807) is 34.6 Å². The maximum atomic E-state index is 13.2. The van der Waals surface area contributed by atoms with Gasteiger partial charge in [0.1, 0.15) is 6.73 Å². The number of carbonyl (C=O) groups is 3. The second-order valence-electron chi connectivity index (χ2n) is 8.67. The summed E-state index contributed by atoms with van der Waals surface area (Å²) in [7, 11) is 1.41. The van der Waals surface area contributed by atoms with Crippen molar-refractivity contribution in [3.63, 3.8) is 0 Å². The van der Waals surface area contributed by atoms with Crippen LogP contribution >= 0.6 is 0 Å². The van der Waals surface area contributed by atoms with Crippen LogP contribution in [0.5, 0.6) is 0 Å². The molecule has 0 aromatic heterocycles. The number of benzene rings is 1. The summed E-state index contributed by atoms with van der Waals surface area (Å²) >= 11 is 0. The number of allylic oxidation sites excluding steroid dienone is 2. The molecule has 11 nitrogen and oxygen atoms in total. The maximum absolute atomic E-state index is 13.2. The zero-order chi connectivity index (χ0) is 25.8. The maximum Gasteiger partial charge on any atom is 0.339 e. The van der Waals surface area contributed by atoms with E-state index in [9.17, 15) is 29.6 Å². The number of rotatable bonds is 8. The van der Waals surface area contributed by atoms with Crippen LogP contribution in [0.2, 0.25) is 0 Å². The molecular formula is C23H28N2O9. The fraction of sp³-hybridized carbons (Fsp3) is 0.435. The van der Waals surface area contributed by atoms with Crippen LogP contribution in [0.4, 0.5) is 5.69 Å². The highest BCUT2D eigenvalue weighted by atomic mass is 16.7. The third-order valence-corrected chi connectivity index (χ3v) is 5.28. The lowest BCUT2D eigenvalue weighted by atomic mass is 9.79. The summed E-state index contributed by atoms with van der Waals surface area (Å²) in [6.45, 7) is 7.33. The van der Waals surface area contributed by atoms with E-state index in [1.165, 1.54) is 36.3 Å². The van der Waals surface area contributed by atoms with Crippen molar-refractivity contribution < 1.29 is 38.6 Å². The number of nitro benzene ring substituents is 1. The van der Waals surface area contributed by atoms with Crippen LogP contribution in [0.25, 0.3) is 0 Å². The van der Waals surface area contributed by atoms with Crippen LogP contribution in [-0.4, -0.2) is 53.5 Å². The van der Waals surface area contributed by atoms with Crippen LogP contribution in [0, 0.1) is 15.5 Å². The van der Waals surface area contributed by atoms with E-state index in [-0.39, 0.29) is 29.1 Å². The number of nitro groups is 1. The largest absolute Gasteiger partial charge is 0.478 e. The number of hydrogen-bond acceptors (Lipinski definition) is 9. The molecule has 1 aromatic rings. The second-order valence-corrected chi connectivity index (χ2v) is 8.67. The first-order chi connectivity index (χ1) is 15.8.